The quantitative estimate of drug-likeness (QED) is 0.303. The van der Waals surface area contributed by atoms with Gasteiger partial charge in [0.1, 0.15) is 12.4 Å². The third-order valence-electron chi connectivity index (χ3n) is 6.56. The van der Waals surface area contributed by atoms with Crippen molar-refractivity contribution in [1.29, 1.82) is 0 Å². The van der Waals surface area contributed by atoms with Gasteiger partial charge in [-0.15, -0.1) is 0 Å². The maximum Gasteiger partial charge on any atom is 0.374 e. The van der Waals surface area contributed by atoms with Crippen LogP contribution in [0, 0.1) is 20.4 Å². The first-order valence-corrected chi connectivity index (χ1v) is 11.9. The molecule has 0 atom stereocenters. The van der Waals surface area contributed by atoms with E-state index in [1.807, 2.05) is 6.07 Å². The summed E-state index contributed by atoms with van der Waals surface area (Å²) in [5.41, 5.74) is 8.82. The molecule has 0 unspecified atom stereocenters. The number of fused-ring (bicyclic) bond motifs is 4. The van der Waals surface area contributed by atoms with Crippen LogP contribution in [-0.2, 0) is 6.54 Å². The summed E-state index contributed by atoms with van der Waals surface area (Å²) in [5, 5.41) is 0. The Morgan fingerprint density at radius 3 is 2.62 bits per heavy atom. The number of oxazole rings is 1. The van der Waals surface area contributed by atoms with Crippen LogP contribution < -0.4 is 14.4 Å². The van der Waals surface area contributed by atoms with Gasteiger partial charge in [-0.05, 0) is 75.1 Å². The Labute approximate surface area is 197 Å². The molecule has 2 aliphatic rings. The Balaban J connectivity index is 1.57. The van der Waals surface area contributed by atoms with Crippen molar-refractivity contribution in [3.8, 4) is 0 Å². The summed E-state index contributed by atoms with van der Waals surface area (Å²) in [4.78, 5) is 8.37. The summed E-state index contributed by atoms with van der Waals surface area (Å²) in [7, 11) is 0. The van der Waals surface area contributed by atoms with Gasteiger partial charge in [-0.1, -0.05) is 15.9 Å². The molecule has 0 N–H and O–H groups in total. The van der Waals surface area contributed by atoms with E-state index in [1.54, 1.807) is 0 Å². The number of aromatic nitrogens is 1. The molecule has 6 heteroatoms. The number of anilines is 2. The second-order valence-corrected chi connectivity index (χ2v) is 9.18. The van der Waals surface area contributed by atoms with Crippen molar-refractivity contribution in [1.82, 2.24) is 0 Å². The fourth-order valence-electron chi connectivity index (χ4n) is 4.80. The zero-order valence-corrected chi connectivity index (χ0v) is 20.5. The third kappa shape index (κ3) is 3.07. The van der Waals surface area contributed by atoms with Crippen molar-refractivity contribution in [2.24, 2.45) is 0 Å². The SMILES string of the molecule is [C-]#[N+]c1cc2c(cc1Br)N(CC)C1=C(C=Cc3oc4cc(C)c(C)cc4[n+]3CC)CCN12. The van der Waals surface area contributed by atoms with Crippen LogP contribution >= 0.6 is 15.9 Å². The van der Waals surface area contributed by atoms with E-state index in [0.717, 1.165) is 58.9 Å². The minimum atomic E-state index is 0.655. The van der Waals surface area contributed by atoms with Gasteiger partial charge in [0.2, 0.25) is 11.3 Å². The Morgan fingerprint density at radius 2 is 1.91 bits per heavy atom. The van der Waals surface area contributed by atoms with Crippen molar-refractivity contribution >= 4 is 50.2 Å². The molecule has 1 aromatic heterocycles. The van der Waals surface area contributed by atoms with Gasteiger partial charge in [0.25, 0.3) is 5.52 Å². The molecule has 3 heterocycles. The van der Waals surface area contributed by atoms with Crippen LogP contribution in [0.3, 0.4) is 0 Å². The average Bonchev–Trinajstić information content (AvgIpc) is 3.42. The summed E-state index contributed by atoms with van der Waals surface area (Å²) in [6.07, 6.45) is 5.28. The van der Waals surface area contributed by atoms with Crippen molar-refractivity contribution in [3.63, 3.8) is 0 Å². The van der Waals surface area contributed by atoms with Crippen molar-refractivity contribution in [2.75, 3.05) is 22.9 Å². The lowest BCUT2D eigenvalue weighted by atomic mass is 10.1. The number of aryl methyl sites for hydroxylation is 3. The van der Waals surface area contributed by atoms with Crippen LogP contribution in [0.15, 0.2) is 50.6 Å². The van der Waals surface area contributed by atoms with E-state index in [-0.39, 0.29) is 0 Å². The highest BCUT2D eigenvalue weighted by atomic mass is 79.9. The Kier molecular flexibility index (Phi) is 5.10. The topological polar surface area (TPSA) is 27.9 Å². The molecule has 5 rings (SSSR count). The molecule has 2 aromatic carbocycles. The molecule has 0 spiro atoms. The first kappa shape index (κ1) is 20.8. The lowest BCUT2D eigenvalue weighted by Gasteiger charge is -2.20. The molecular weight excluding hydrogens is 464 g/mol. The average molecular weight is 490 g/mol. The van der Waals surface area contributed by atoms with Crippen LogP contribution in [0.1, 0.15) is 37.3 Å². The molecule has 0 fully saturated rings. The zero-order valence-electron chi connectivity index (χ0n) is 18.9. The Bertz CT molecular complexity index is 1360. The summed E-state index contributed by atoms with van der Waals surface area (Å²) in [6.45, 7) is 18.7. The zero-order chi connectivity index (χ0) is 22.6. The number of hydrogen-bond donors (Lipinski definition) is 0. The molecule has 32 heavy (non-hydrogen) atoms. The van der Waals surface area contributed by atoms with Gasteiger partial charge in [-0.25, -0.2) is 4.85 Å². The van der Waals surface area contributed by atoms with Gasteiger partial charge in [-0.2, -0.15) is 4.57 Å². The number of rotatable bonds is 4. The molecule has 0 bridgehead atoms. The summed E-state index contributed by atoms with van der Waals surface area (Å²) in [5.74, 6) is 2.09. The summed E-state index contributed by atoms with van der Waals surface area (Å²) in [6, 6.07) is 8.43. The molecule has 3 aromatic rings. The maximum atomic E-state index is 7.47. The van der Waals surface area contributed by atoms with E-state index in [1.165, 1.54) is 22.5 Å². The van der Waals surface area contributed by atoms with Gasteiger partial charge in [0, 0.05) is 23.6 Å². The first-order valence-electron chi connectivity index (χ1n) is 11.1. The molecule has 2 aliphatic heterocycles. The van der Waals surface area contributed by atoms with Crippen LogP contribution in [0.5, 0.6) is 0 Å². The van der Waals surface area contributed by atoms with Crippen molar-refractivity contribution < 1.29 is 8.98 Å². The molecule has 0 aliphatic carbocycles. The Morgan fingerprint density at radius 1 is 1.12 bits per heavy atom. The standard InChI is InChI=1S/C26H26BrN4O/c1-6-29-23-12-16(3)17(4)13-24(23)32-25(29)9-8-18-10-11-31-22-15-20(28-5)19(27)14-21(22)30(7-2)26(18)31/h8-9,12-15H,6-7,10-11H2,1-4H3/q+1. The van der Waals surface area contributed by atoms with Gasteiger partial charge >= 0.3 is 5.89 Å². The van der Waals surface area contributed by atoms with E-state index in [4.69, 9.17) is 11.0 Å². The molecule has 0 saturated heterocycles. The van der Waals surface area contributed by atoms with E-state index in [0.29, 0.717) is 5.69 Å². The van der Waals surface area contributed by atoms with Gasteiger partial charge < -0.3 is 14.2 Å². The highest BCUT2D eigenvalue weighted by molar-refractivity contribution is 9.10. The van der Waals surface area contributed by atoms with Gasteiger partial charge in [0.05, 0.1) is 24.0 Å². The van der Waals surface area contributed by atoms with Crippen molar-refractivity contribution in [3.05, 3.63) is 74.6 Å². The van der Waals surface area contributed by atoms with E-state index >= 15 is 0 Å². The minimum absolute atomic E-state index is 0.655. The number of halogens is 1. The van der Waals surface area contributed by atoms with E-state index in [9.17, 15) is 0 Å². The fourth-order valence-corrected chi connectivity index (χ4v) is 5.22. The first-order chi connectivity index (χ1) is 15.5. The van der Waals surface area contributed by atoms with Crippen LogP contribution in [0.4, 0.5) is 17.1 Å². The van der Waals surface area contributed by atoms with E-state index in [2.05, 4.69) is 93.2 Å². The predicted molar refractivity (Wildman–Crippen MR) is 133 cm³/mol. The normalized spacial score (nSPS) is 15.2. The molecule has 0 radical (unpaired) electrons. The third-order valence-corrected chi connectivity index (χ3v) is 7.19. The monoisotopic (exact) mass is 489 g/mol. The molecule has 5 nitrogen and oxygen atoms in total. The van der Waals surface area contributed by atoms with Crippen LogP contribution in [0.25, 0.3) is 22.0 Å². The molecular formula is C26H26BrN4O+. The maximum absolute atomic E-state index is 7.47. The highest BCUT2D eigenvalue weighted by Crippen LogP contribution is 2.49. The van der Waals surface area contributed by atoms with Crippen LogP contribution in [-0.4, -0.2) is 13.1 Å². The summed E-state index contributed by atoms with van der Waals surface area (Å²) >= 11 is 3.56. The lowest BCUT2D eigenvalue weighted by Crippen LogP contribution is -2.33. The number of benzene rings is 2. The van der Waals surface area contributed by atoms with Gasteiger partial charge in [0.15, 0.2) is 0 Å². The predicted octanol–water partition coefficient (Wildman–Crippen LogP) is 6.65. The van der Waals surface area contributed by atoms with Gasteiger partial charge in [-0.3, -0.25) is 0 Å². The lowest BCUT2D eigenvalue weighted by molar-refractivity contribution is -0.674. The number of nitrogens with zero attached hydrogens (tertiary/aromatic N) is 4. The largest absolute Gasteiger partial charge is 0.398 e. The number of allylic oxidation sites excluding steroid dienone is 1. The second-order valence-electron chi connectivity index (χ2n) is 8.32. The van der Waals surface area contributed by atoms with E-state index < -0.39 is 0 Å². The Hall–Kier alpha value is -3.04. The number of hydrogen-bond acceptors (Lipinski definition) is 3. The molecule has 162 valence electrons. The summed E-state index contributed by atoms with van der Waals surface area (Å²) < 4.78 is 9.33. The van der Waals surface area contributed by atoms with Crippen molar-refractivity contribution in [2.45, 2.75) is 40.7 Å². The minimum Gasteiger partial charge on any atom is -0.398 e. The highest BCUT2D eigenvalue weighted by Gasteiger charge is 2.36. The molecule has 0 amide bonds. The smallest absolute Gasteiger partial charge is 0.374 e. The van der Waals surface area contributed by atoms with Crippen LogP contribution in [0.2, 0.25) is 0 Å². The second kappa shape index (κ2) is 7.83. The molecule has 0 saturated carbocycles. The fraction of sp³-hybridized carbons (Fsp3) is 0.308.